The molecule has 0 radical (unpaired) electrons. The number of fused-ring (bicyclic) bond motifs is 1. The topological polar surface area (TPSA) is 50.4 Å². The number of likely N-dealkylation sites (N-methyl/N-ethyl adjacent to an activating group) is 1. The lowest BCUT2D eigenvalue weighted by Crippen LogP contribution is -2.23. The maximum absolute atomic E-state index is 11.8. The molecule has 21 heavy (non-hydrogen) atoms. The third kappa shape index (κ3) is 2.64. The minimum absolute atomic E-state index is 0.0957. The van der Waals surface area contributed by atoms with E-state index in [1.807, 2.05) is 24.3 Å². The number of hydrogen-bond donors (Lipinski definition) is 2. The second-order valence-corrected chi connectivity index (χ2v) is 5.87. The Kier molecular flexibility index (Phi) is 3.89. The van der Waals surface area contributed by atoms with Crippen LogP contribution in [0.3, 0.4) is 0 Å². The Bertz CT molecular complexity index is 721. The second-order valence-electron chi connectivity index (χ2n) is 4.61. The number of nitrogens with one attached hydrogen (secondary N) is 2. The highest BCUT2D eigenvalue weighted by atomic mass is 79.9. The maximum Gasteiger partial charge on any atom is 0.246 e. The molecule has 0 saturated carbocycles. The molecule has 1 heterocycles. The molecule has 0 spiro atoms. The summed E-state index contributed by atoms with van der Waals surface area (Å²) in [5, 5.41) is 6.23. The molecule has 108 valence electrons. The van der Waals surface area contributed by atoms with Gasteiger partial charge in [0, 0.05) is 17.3 Å². The van der Waals surface area contributed by atoms with Crippen LogP contribution in [0, 0.1) is 0 Å². The second kappa shape index (κ2) is 5.67. The van der Waals surface area contributed by atoms with Crippen molar-refractivity contribution in [1.29, 1.82) is 0 Å². The minimum Gasteiger partial charge on any atom is -0.455 e. The van der Waals surface area contributed by atoms with Gasteiger partial charge in [-0.05, 0) is 41.2 Å². The fraction of sp³-hybridized carbons (Fsp3) is 0.133. The van der Waals surface area contributed by atoms with Gasteiger partial charge in [-0.25, -0.2) is 0 Å². The average Bonchev–Trinajstić information content (AvgIpc) is 2.76. The van der Waals surface area contributed by atoms with E-state index in [1.54, 1.807) is 19.2 Å². The molecule has 0 aliphatic carbocycles. The van der Waals surface area contributed by atoms with Gasteiger partial charge in [-0.2, -0.15) is 0 Å². The van der Waals surface area contributed by atoms with Gasteiger partial charge in [0.25, 0.3) is 0 Å². The highest BCUT2D eigenvalue weighted by Crippen LogP contribution is 2.41. The SMILES string of the molecule is CNC1C(=O)Nc2cc(Oc3ccccc3Br)c(Cl)cc21. The van der Waals surface area contributed by atoms with Crippen molar-refractivity contribution in [2.45, 2.75) is 6.04 Å². The van der Waals surface area contributed by atoms with Crippen molar-refractivity contribution in [3.63, 3.8) is 0 Å². The highest BCUT2D eigenvalue weighted by molar-refractivity contribution is 9.10. The molecule has 0 saturated heterocycles. The van der Waals surface area contributed by atoms with Crippen LogP contribution >= 0.6 is 27.5 Å². The molecule has 1 aliphatic heterocycles. The van der Waals surface area contributed by atoms with Crippen molar-refractivity contribution in [1.82, 2.24) is 5.32 Å². The summed E-state index contributed by atoms with van der Waals surface area (Å²) in [6, 6.07) is 10.6. The van der Waals surface area contributed by atoms with Crippen LogP contribution in [0.4, 0.5) is 5.69 Å². The van der Waals surface area contributed by atoms with Crippen LogP contribution < -0.4 is 15.4 Å². The summed E-state index contributed by atoms with van der Waals surface area (Å²) in [6.45, 7) is 0. The molecule has 0 aromatic heterocycles. The molecule has 1 unspecified atom stereocenters. The van der Waals surface area contributed by atoms with E-state index in [9.17, 15) is 4.79 Å². The predicted octanol–water partition coefficient (Wildman–Crippen LogP) is 4.11. The third-order valence-corrected chi connectivity index (χ3v) is 4.23. The number of carbonyl (C=O) groups is 1. The van der Waals surface area contributed by atoms with Gasteiger partial charge in [0.2, 0.25) is 5.91 Å². The molecule has 0 fully saturated rings. The van der Waals surface area contributed by atoms with Gasteiger partial charge >= 0.3 is 0 Å². The first-order chi connectivity index (χ1) is 10.1. The molecule has 3 rings (SSSR count). The van der Waals surface area contributed by atoms with Crippen LogP contribution in [0.1, 0.15) is 11.6 Å². The van der Waals surface area contributed by atoms with E-state index < -0.39 is 0 Å². The molecule has 6 heteroatoms. The van der Waals surface area contributed by atoms with Crippen LogP contribution in [0.15, 0.2) is 40.9 Å². The maximum atomic E-state index is 11.8. The molecule has 2 N–H and O–H groups in total. The van der Waals surface area contributed by atoms with Gasteiger partial charge in [0.1, 0.15) is 17.5 Å². The number of para-hydroxylation sites is 1. The standard InChI is InChI=1S/C15H12BrClN2O2/c1-18-14-8-6-10(17)13(7-11(8)19-15(14)20)21-12-5-3-2-4-9(12)16/h2-7,14,18H,1H3,(H,19,20). The van der Waals surface area contributed by atoms with Crippen molar-refractivity contribution in [3.8, 4) is 11.5 Å². The summed E-state index contributed by atoms with van der Waals surface area (Å²) < 4.78 is 6.65. The zero-order valence-corrected chi connectivity index (χ0v) is 13.5. The monoisotopic (exact) mass is 366 g/mol. The Labute approximate surface area is 135 Å². The van der Waals surface area contributed by atoms with Crippen LogP contribution in [0.5, 0.6) is 11.5 Å². The van der Waals surface area contributed by atoms with Gasteiger partial charge in [-0.1, -0.05) is 23.7 Å². The molecule has 2 aromatic rings. The van der Waals surface area contributed by atoms with Crippen LogP contribution in [0.2, 0.25) is 5.02 Å². The summed E-state index contributed by atoms with van der Waals surface area (Å²) in [5.41, 5.74) is 1.54. The molecular formula is C15H12BrClN2O2. The zero-order chi connectivity index (χ0) is 15.0. The van der Waals surface area contributed by atoms with E-state index in [2.05, 4.69) is 26.6 Å². The first kappa shape index (κ1) is 14.4. The fourth-order valence-electron chi connectivity index (χ4n) is 2.27. The smallest absolute Gasteiger partial charge is 0.246 e. The summed E-state index contributed by atoms with van der Waals surface area (Å²) in [4.78, 5) is 11.8. The van der Waals surface area contributed by atoms with E-state index >= 15 is 0 Å². The van der Waals surface area contributed by atoms with Crippen LogP contribution in [-0.4, -0.2) is 13.0 Å². The molecule has 0 bridgehead atoms. The third-order valence-electron chi connectivity index (χ3n) is 3.28. The van der Waals surface area contributed by atoms with Gasteiger partial charge < -0.3 is 15.4 Å². The zero-order valence-electron chi connectivity index (χ0n) is 11.1. The summed E-state index contributed by atoms with van der Waals surface area (Å²) >= 11 is 9.70. The lowest BCUT2D eigenvalue weighted by Gasteiger charge is -2.12. The number of ether oxygens (including phenoxy) is 1. The number of amides is 1. The Balaban J connectivity index is 1.98. The molecule has 4 nitrogen and oxygen atoms in total. The number of halogens is 2. The van der Waals surface area contributed by atoms with Crippen molar-refractivity contribution in [2.24, 2.45) is 0 Å². The molecular weight excluding hydrogens is 356 g/mol. The van der Waals surface area contributed by atoms with Gasteiger partial charge in [0.15, 0.2) is 0 Å². The normalized spacial score (nSPS) is 16.5. The van der Waals surface area contributed by atoms with Gasteiger partial charge in [0.05, 0.1) is 9.50 Å². The number of hydrogen-bond acceptors (Lipinski definition) is 3. The van der Waals surface area contributed by atoms with E-state index in [0.29, 0.717) is 22.2 Å². The van der Waals surface area contributed by atoms with Gasteiger partial charge in [-0.3, -0.25) is 4.79 Å². The Morgan fingerprint density at radius 1 is 1.29 bits per heavy atom. The Morgan fingerprint density at radius 2 is 2.05 bits per heavy atom. The number of carbonyl (C=O) groups excluding carboxylic acids is 1. The van der Waals surface area contributed by atoms with Crippen molar-refractivity contribution < 1.29 is 9.53 Å². The van der Waals surface area contributed by atoms with Crippen LogP contribution in [0.25, 0.3) is 0 Å². The lowest BCUT2D eigenvalue weighted by atomic mass is 10.1. The van der Waals surface area contributed by atoms with E-state index in [1.165, 1.54) is 0 Å². The molecule has 1 atom stereocenters. The summed E-state index contributed by atoms with van der Waals surface area (Å²) in [6.07, 6.45) is 0. The van der Waals surface area contributed by atoms with E-state index in [-0.39, 0.29) is 11.9 Å². The highest BCUT2D eigenvalue weighted by Gasteiger charge is 2.30. The van der Waals surface area contributed by atoms with Crippen LogP contribution in [-0.2, 0) is 4.79 Å². The van der Waals surface area contributed by atoms with Crippen molar-refractivity contribution >= 4 is 39.1 Å². The van der Waals surface area contributed by atoms with Gasteiger partial charge in [-0.15, -0.1) is 0 Å². The Hall–Kier alpha value is -1.56. The molecule has 2 aromatic carbocycles. The quantitative estimate of drug-likeness (QED) is 0.858. The summed E-state index contributed by atoms with van der Waals surface area (Å²) in [7, 11) is 1.73. The van der Waals surface area contributed by atoms with E-state index in [0.717, 1.165) is 10.0 Å². The first-order valence-corrected chi connectivity index (χ1v) is 7.51. The fourth-order valence-corrected chi connectivity index (χ4v) is 2.85. The predicted molar refractivity (Wildman–Crippen MR) is 86.1 cm³/mol. The number of benzene rings is 2. The Morgan fingerprint density at radius 3 is 2.76 bits per heavy atom. The average molecular weight is 368 g/mol. The minimum atomic E-state index is -0.380. The number of rotatable bonds is 3. The molecule has 1 amide bonds. The largest absolute Gasteiger partial charge is 0.455 e. The summed E-state index contributed by atoms with van der Waals surface area (Å²) in [5.74, 6) is 1.06. The number of anilines is 1. The van der Waals surface area contributed by atoms with Crippen molar-refractivity contribution in [3.05, 3.63) is 51.5 Å². The van der Waals surface area contributed by atoms with Crippen molar-refractivity contribution in [2.75, 3.05) is 12.4 Å². The van der Waals surface area contributed by atoms with E-state index in [4.69, 9.17) is 16.3 Å². The molecule has 1 aliphatic rings. The first-order valence-electron chi connectivity index (χ1n) is 6.34. The lowest BCUT2D eigenvalue weighted by molar-refractivity contribution is -0.117.